The number of halogens is 3. The van der Waals surface area contributed by atoms with Crippen molar-refractivity contribution < 1.29 is 21.6 Å². The van der Waals surface area contributed by atoms with Crippen LogP contribution >= 0.6 is 0 Å². The van der Waals surface area contributed by atoms with Crippen molar-refractivity contribution in [1.82, 2.24) is 4.72 Å². The van der Waals surface area contributed by atoms with E-state index in [-0.39, 0.29) is 4.90 Å². The summed E-state index contributed by atoms with van der Waals surface area (Å²) >= 11 is 0. The van der Waals surface area contributed by atoms with E-state index in [4.69, 9.17) is 0 Å². The Morgan fingerprint density at radius 3 is 1.80 bits per heavy atom. The molecule has 0 heterocycles. The SMILES string of the molecule is Cc1cc(C)c(S(=O)(=O)N[C@H](c2ccccc2)c2ccc(C(F)(F)F)cc2)c(C)c1. The van der Waals surface area contributed by atoms with Gasteiger partial charge in [0.2, 0.25) is 10.0 Å². The van der Waals surface area contributed by atoms with Gasteiger partial charge in [-0.2, -0.15) is 17.9 Å². The zero-order valence-electron chi connectivity index (χ0n) is 16.8. The van der Waals surface area contributed by atoms with Crippen LogP contribution < -0.4 is 4.72 Å². The summed E-state index contributed by atoms with van der Waals surface area (Å²) in [5, 5.41) is 0. The molecule has 7 heteroatoms. The van der Waals surface area contributed by atoms with Crippen LogP contribution in [0.15, 0.2) is 71.6 Å². The second-order valence-corrected chi connectivity index (χ2v) is 8.96. The van der Waals surface area contributed by atoms with Gasteiger partial charge in [-0.05, 0) is 55.2 Å². The molecule has 3 aromatic rings. The lowest BCUT2D eigenvalue weighted by Crippen LogP contribution is -2.30. The van der Waals surface area contributed by atoms with E-state index in [0.29, 0.717) is 22.3 Å². The molecule has 0 fully saturated rings. The van der Waals surface area contributed by atoms with E-state index >= 15 is 0 Å². The van der Waals surface area contributed by atoms with Gasteiger partial charge in [-0.3, -0.25) is 0 Å². The van der Waals surface area contributed by atoms with Crippen molar-refractivity contribution in [3.63, 3.8) is 0 Å². The van der Waals surface area contributed by atoms with Crippen molar-refractivity contribution >= 4 is 10.0 Å². The molecule has 1 atom stereocenters. The van der Waals surface area contributed by atoms with Crippen LogP contribution in [0.4, 0.5) is 13.2 Å². The number of rotatable bonds is 5. The molecule has 0 aromatic heterocycles. The summed E-state index contributed by atoms with van der Waals surface area (Å²) in [4.78, 5) is 0.181. The van der Waals surface area contributed by atoms with E-state index in [1.54, 1.807) is 56.3 Å². The Labute approximate surface area is 174 Å². The van der Waals surface area contributed by atoms with Gasteiger partial charge in [-0.15, -0.1) is 0 Å². The highest BCUT2D eigenvalue weighted by Crippen LogP contribution is 2.32. The zero-order chi connectivity index (χ0) is 22.1. The van der Waals surface area contributed by atoms with Crippen molar-refractivity contribution in [3.8, 4) is 0 Å². The van der Waals surface area contributed by atoms with Crippen LogP contribution in [0.1, 0.15) is 39.4 Å². The predicted octanol–water partition coefficient (Wildman–Crippen LogP) is 5.70. The number of hydrogen-bond donors (Lipinski definition) is 1. The molecule has 0 spiro atoms. The Hall–Kier alpha value is -2.64. The first kappa shape index (κ1) is 22.1. The number of aryl methyl sites for hydroxylation is 3. The molecule has 0 aliphatic heterocycles. The number of alkyl halides is 3. The highest BCUT2D eigenvalue weighted by molar-refractivity contribution is 7.89. The highest BCUT2D eigenvalue weighted by atomic mass is 32.2. The van der Waals surface area contributed by atoms with Crippen molar-refractivity contribution in [3.05, 3.63) is 100 Å². The Balaban J connectivity index is 2.07. The van der Waals surface area contributed by atoms with Gasteiger partial charge in [0, 0.05) is 0 Å². The van der Waals surface area contributed by atoms with Crippen LogP contribution in [0.5, 0.6) is 0 Å². The molecular weight excluding hydrogens is 411 g/mol. The van der Waals surface area contributed by atoms with Crippen molar-refractivity contribution in [2.75, 3.05) is 0 Å². The minimum absolute atomic E-state index is 0.181. The average Bonchev–Trinajstić information content (AvgIpc) is 2.65. The van der Waals surface area contributed by atoms with Gasteiger partial charge in [0.15, 0.2) is 0 Å². The van der Waals surface area contributed by atoms with Crippen LogP contribution in [-0.2, 0) is 16.2 Å². The van der Waals surface area contributed by atoms with Crippen LogP contribution in [0, 0.1) is 20.8 Å². The fourth-order valence-electron chi connectivity index (χ4n) is 3.64. The fraction of sp³-hybridized carbons (Fsp3) is 0.217. The molecule has 0 radical (unpaired) electrons. The summed E-state index contributed by atoms with van der Waals surface area (Å²) in [5.74, 6) is 0. The second-order valence-electron chi connectivity index (χ2n) is 7.31. The van der Waals surface area contributed by atoms with Crippen LogP contribution in [0.3, 0.4) is 0 Å². The quantitative estimate of drug-likeness (QED) is 0.561. The molecular formula is C23H22F3NO2S. The smallest absolute Gasteiger partial charge is 0.207 e. The molecule has 0 unspecified atom stereocenters. The third-order valence-corrected chi connectivity index (χ3v) is 6.58. The summed E-state index contributed by atoms with van der Waals surface area (Å²) in [6.07, 6.45) is -4.46. The number of nitrogens with one attached hydrogen (secondary N) is 1. The molecule has 3 rings (SSSR count). The average molecular weight is 433 g/mol. The monoisotopic (exact) mass is 433 g/mol. The van der Waals surface area contributed by atoms with Gasteiger partial charge in [0.05, 0.1) is 16.5 Å². The van der Waals surface area contributed by atoms with Crippen molar-refractivity contribution in [2.24, 2.45) is 0 Å². The number of hydrogen-bond acceptors (Lipinski definition) is 2. The third kappa shape index (κ3) is 4.74. The molecule has 0 saturated carbocycles. The van der Waals surface area contributed by atoms with Gasteiger partial charge in [0.1, 0.15) is 0 Å². The lowest BCUT2D eigenvalue weighted by molar-refractivity contribution is -0.137. The normalized spacial score (nSPS) is 13.3. The van der Waals surface area contributed by atoms with Gasteiger partial charge in [-0.25, -0.2) is 8.42 Å². The summed E-state index contributed by atoms with van der Waals surface area (Å²) in [6.45, 7) is 5.34. The first-order chi connectivity index (χ1) is 14.0. The van der Waals surface area contributed by atoms with Crippen LogP contribution in [0.2, 0.25) is 0 Å². The largest absolute Gasteiger partial charge is 0.416 e. The Morgan fingerprint density at radius 1 is 0.800 bits per heavy atom. The van der Waals surface area contributed by atoms with E-state index < -0.39 is 27.8 Å². The van der Waals surface area contributed by atoms with E-state index in [1.165, 1.54) is 12.1 Å². The number of benzene rings is 3. The van der Waals surface area contributed by atoms with Gasteiger partial charge < -0.3 is 0 Å². The second kappa shape index (κ2) is 8.24. The summed E-state index contributed by atoms with van der Waals surface area (Å²) < 4.78 is 68.1. The standard InChI is InChI=1S/C23H22F3NO2S/c1-15-13-16(2)22(17(3)14-15)30(28,29)27-21(18-7-5-4-6-8-18)19-9-11-20(12-10-19)23(24,25)26/h4-14,21,27H,1-3H3/t21-/m1/s1. The maximum Gasteiger partial charge on any atom is 0.416 e. The molecule has 158 valence electrons. The Morgan fingerprint density at radius 2 is 1.30 bits per heavy atom. The highest BCUT2D eigenvalue weighted by Gasteiger charge is 2.31. The Bertz CT molecular complexity index is 1120. The lowest BCUT2D eigenvalue weighted by Gasteiger charge is -2.22. The van der Waals surface area contributed by atoms with Crippen molar-refractivity contribution in [1.29, 1.82) is 0 Å². The molecule has 3 aromatic carbocycles. The molecule has 0 aliphatic rings. The Kier molecular flexibility index (Phi) is 6.06. The van der Waals surface area contributed by atoms with Crippen molar-refractivity contribution in [2.45, 2.75) is 37.9 Å². The molecule has 0 bridgehead atoms. The summed E-state index contributed by atoms with van der Waals surface area (Å²) in [5.41, 5.74) is 2.43. The molecule has 30 heavy (non-hydrogen) atoms. The molecule has 0 saturated heterocycles. The molecule has 0 amide bonds. The minimum Gasteiger partial charge on any atom is -0.207 e. The lowest BCUT2D eigenvalue weighted by atomic mass is 9.98. The summed E-state index contributed by atoms with van der Waals surface area (Å²) in [7, 11) is -3.94. The first-order valence-electron chi connectivity index (χ1n) is 9.31. The van der Waals surface area contributed by atoms with E-state index in [1.807, 2.05) is 6.92 Å². The van der Waals surface area contributed by atoms with E-state index in [0.717, 1.165) is 17.7 Å². The van der Waals surface area contributed by atoms with Crippen LogP contribution in [0.25, 0.3) is 0 Å². The van der Waals surface area contributed by atoms with Crippen LogP contribution in [-0.4, -0.2) is 8.42 Å². The molecule has 0 aliphatic carbocycles. The zero-order valence-corrected chi connectivity index (χ0v) is 17.6. The summed E-state index contributed by atoms with van der Waals surface area (Å²) in [6, 6.07) is 16.0. The maximum absolute atomic E-state index is 13.3. The molecule has 3 nitrogen and oxygen atoms in total. The number of sulfonamides is 1. The van der Waals surface area contributed by atoms with E-state index in [9.17, 15) is 21.6 Å². The van der Waals surface area contributed by atoms with Gasteiger partial charge in [-0.1, -0.05) is 60.2 Å². The minimum atomic E-state index is -4.46. The van der Waals surface area contributed by atoms with Gasteiger partial charge >= 0.3 is 6.18 Å². The maximum atomic E-state index is 13.3. The van der Waals surface area contributed by atoms with E-state index in [2.05, 4.69) is 4.72 Å². The van der Waals surface area contributed by atoms with Gasteiger partial charge in [0.25, 0.3) is 0 Å². The fourth-order valence-corrected chi connectivity index (χ4v) is 5.31. The first-order valence-corrected chi connectivity index (χ1v) is 10.8. The topological polar surface area (TPSA) is 46.2 Å². The third-order valence-electron chi connectivity index (χ3n) is 4.85. The molecule has 1 N–H and O–H groups in total. The predicted molar refractivity (Wildman–Crippen MR) is 111 cm³/mol.